The second kappa shape index (κ2) is 6.35. The van der Waals surface area contributed by atoms with Gasteiger partial charge in [0.2, 0.25) is 0 Å². The van der Waals surface area contributed by atoms with Gasteiger partial charge in [-0.2, -0.15) is 10.2 Å². The minimum absolute atomic E-state index is 0.147. The Morgan fingerprint density at radius 1 is 1.14 bits per heavy atom. The number of rotatable bonds is 3. The maximum Gasteiger partial charge on any atom is 0.257 e. The van der Waals surface area contributed by atoms with E-state index in [1.165, 1.54) is 0 Å². The van der Waals surface area contributed by atoms with Gasteiger partial charge in [-0.1, -0.05) is 22.9 Å². The van der Waals surface area contributed by atoms with Gasteiger partial charge in [-0.05, 0) is 56.5 Å². The highest BCUT2D eigenvalue weighted by molar-refractivity contribution is 9.10. The Balaban J connectivity index is 2.32. The van der Waals surface area contributed by atoms with Crippen molar-refractivity contribution in [3.05, 3.63) is 50.8 Å². The Bertz CT molecular complexity index is 675. The van der Waals surface area contributed by atoms with Gasteiger partial charge in [-0.25, -0.2) is 0 Å². The van der Waals surface area contributed by atoms with Gasteiger partial charge in [-0.3, -0.25) is 4.79 Å². The highest BCUT2D eigenvalue weighted by atomic mass is 79.9. The summed E-state index contributed by atoms with van der Waals surface area (Å²) in [7, 11) is 0. The first-order chi connectivity index (χ1) is 9.92. The third kappa shape index (κ3) is 3.47. The molecule has 1 heterocycles. The zero-order valence-electron chi connectivity index (χ0n) is 12.6. The summed E-state index contributed by atoms with van der Waals surface area (Å²) in [4.78, 5) is 12.5. The molecule has 2 rings (SSSR count). The van der Waals surface area contributed by atoms with Crippen LogP contribution in [0.25, 0.3) is 0 Å². The predicted octanol–water partition coefficient (Wildman–Crippen LogP) is 3.98. The van der Waals surface area contributed by atoms with E-state index >= 15 is 0 Å². The van der Waals surface area contributed by atoms with E-state index in [2.05, 4.69) is 31.4 Å². The second-order valence-corrected chi connectivity index (χ2v) is 5.87. The molecule has 1 aromatic heterocycles. The average Bonchev–Trinajstić information content (AvgIpc) is 2.44. The van der Waals surface area contributed by atoms with Gasteiger partial charge < -0.3 is 5.32 Å². The first kappa shape index (κ1) is 15.6. The number of aromatic nitrogens is 2. The van der Waals surface area contributed by atoms with Crippen molar-refractivity contribution in [2.75, 3.05) is 5.32 Å². The summed E-state index contributed by atoms with van der Waals surface area (Å²) in [5, 5.41) is 11.0. The fraction of sp³-hybridized carbons (Fsp3) is 0.312. The molecular formula is C16H18BrN3O. The molecule has 0 aliphatic carbocycles. The van der Waals surface area contributed by atoms with Gasteiger partial charge in [0.1, 0.15) is 0 Å². The fourth-order valence-corrected chi connectivity index (χ4v) is 2.42. The first-order valence-electron chi connectivity index (χ1n) is 6.83. The molecule has 21 heavy (non-hydrogen) atoms. The van der Waals surface area contributed by atoms with Crippen molar-refractivity contribution in [1.82, 2.24) is 10.2 Å². The molecule has 0 spiro atoms. The maximum atomic E-state index is 12.5. The molecule has 0 aliphatic heterocycles. The van der Waals surface area contributed by atoms with Crippen LogP contribution in [0, 0.1) is 20.8 Å². The third-order valence-electron chi connectivity index (χ3n) is 3.27. The molecule has 0 atom stereocenters. The van der Waals surface area contributed by atoms with Crippen molar-refractivity contribution in [3.63, 3.8) is 0 Å². The number of nitrogens with zero attached hydrogens (tertiary/aromatic N) is 2. The van der Waals surface area contributed by atoms with Crippen molar-refractivity contribution < 1.29 is 4.79 Å². The van der Waals surface area contributed by atoms with Crippen LogP contribution in [0.3, 0.4) is 0 Å². The Kier molecular flexibility index (Phi) is 4.73. The zero-order chi connectivity index (χ0) is 15.6. The van der Waals surface area contributed by atoms with Crippen LogP contribution >= 0.6 is 15.9 Å². The largest absolute Gasteiger partial charge is 0.322 e. The predicted molar refractivity (Wildman–Crippen MR) is 87.7 cm³/mol. The molecule has 0 unspecified atom stereocenters. The van der Waals surface area contributed by atoms with Crippen LogP contribution in [0.4, 0.5) is 5.69 Å². The Morgan fingerprint density at radius 3 is 2.33 bits per heavy atom. The summed E-state index contributed by atoms with van der Waals surface area (Å²) in [6.07, 6.45) is 0.675. The third-order valence-corrected chi connectivity index (χ3v) is 4.52. The first-order valence-corrected chi connectivity index (χ1v) is 7.63. The summed E-state index contributed by atoms with van der Waals surface area (Å²) in [6.45, 7) is 7.80. The molecule has 2 aromatic rings. The molecule has 5 heteroatoms. The summed E-state index contributed by atoms with van der Waals surface area (Å²) in [6, 6.07) is 5.67. The van der Waals surface area contributed by atoms with Crippen LogP contribution in [-0.2, 0) is 6.42 Å². The normalized spacial score (nSPS) is 10.5. The van der Waals surface area contributed by atoms with Gasteiger partial charge in [0.15, 0.2) is 0 Å². The monoisotopic (exact) mass is 347 g/mol. The van der Waals surface area contributed by atoms with Gasteiger partial charge in [0, 0.05) is 10.2 Å². The number of aryl methyl sites for hydroxylation is 4. The van der Waals surface area contributed by atoms with Crippen LogP contribution in [0.5, 0.6) is 0 Å². The molecule has 0 saturated heterocycles. The van der Waals surface area contributed by atoms with Crippen molar-refractivity contribution >= 4 is 27.5 Å². The molecule has 0 saturated carbocycles. The van der Waals surface area contributed by atoms with E-state index < -0.39 is 0 Å². The highest BCUT2D eigenvalue weighted by Crippen LogP contribution is 2.25. The lowest BCUT2D eigenvalue weighted by atomic mass is 10.1. The van der Waals surface area contributed by atoms with Crippen LogP contribution in [-0.4, -0.2) is 16.1 Å². The number of hydrogen-bond acceptors (Lipinski definition) is 3. The van der Waals surface area contributed by atoms with E-state index in [4.69, 9.17) is 0 Å². The molecule has 0 fully saturated rings. The molecule has 1 aromatic carbocycles. The Morgan fingerprint density at radius 2 is 1.76 bits per heavy atom. The van der Waals surface area contributed by atoms with E-state index in [1.54, 1.807) is 6.07 Å². The smallest absolute Gasteiger partial charge is 0.257 e. The number of halogens is 1. The number of hydrogen-bond donors (Lipinski definition) is 1. The van der Waals surface area contributed by atoms with Crippen molar-refractivity contribution in [2.24, 2.45) is 0 Å². The van der Waals surface area contributed by atoms with Gasteiger partial charge in [-0.15, -0.1) is 0 Å². The van der Waals surface area contributed by atoms with Gasteiger partial charge >= 0.3 is 0 Å². The number of carbonyl (C=O) groups is 1. The minimum Gasteiger partial charge on any atom is -0.322 e. The number of carbonyl (C=O) groups excluding carboxylic acids is 1. The summed E-state index contributed by atoms with van der Waals surface area (Å²) in [5.41, 5.74) is 5.00. The SMILES string of the molecule is CCc1nnc(C)cc1C(=O)Nc1cc(C)c(Br)c(C)c1. The number of amides is 1. The number of benzene rings is 1. The molecule has 1 N–H and O–H groups in total. The minimum atomic E-state index is -0.147. The van der Waals surface area contributed by atoms with E-state index in [0.717, 1.165) is 27.0 Å². The molecule has 110 valence electrons. The topological polar surface area (TPSA) is 54.9 Å². The van der Waals surface area contributed by atoms with Gasteiger partial charge in [0.25, 0.3) is 5.91 Å². The summed E-state index contributed by atoms with van der Waals surface area (Å²) in [5.74, 6) is -0.147. The number of anilines is 1. The van der Waals surface area contributed by atoms with Crippen molar-refractivity contribution in [2.45, 2.75) is 34.1 Å². The van der Waals surface area contributed by atoms with Crippen LogP contribution in [0.1, 0.15) is 39.8 Å². The van der Waals surface area contributed by atoms with Crippen LogP contribution in [0.15, 0.2) is 22.7 Å². The molecule has 4 nitrogen and oxygen atoms in total. The molecule has 0 bridgehead atoms. The fourth-order valence-electron chi connectivity index (χ4n) is 2.19. The lowest BCUT2D eigenvalue weighted by molar-refractivity contribution is 0.102. The standard InChI is InChI=1S/C16H18BrN3O/c1-5-14-13(8-11(4)19-20-14)16(21)18-12-6-9(2)15(17)10(3)7-12/h6-8H,5H2,1-4H3,(H,18,21). The zero-order valence-corrected chi connectivity index (χ0v) is 14.2. The van der Waals surface area contributed by atoms with E-state index in [-0.39, 0.29) is 5.91 Å². The molecule has 0 radical (unpaired) electrons. The van der Waals surface area contributed by atoms with E-state index in [1.807, 2.05) is 39.8 Å². The Hall–Kier alpha value is -1.75. The quantitative estimate of drug-likeness (QED) is 0.913. The summed E-state index contributed by atoms with van der Waals surface area (Å²) >= 11 is 3.53. The highest BCUT2D eigenvalue weighted by Gasteiger charge is 2.14. The maximum absolute atomic E-state index is 12.5. The second-order valence-electron chi connectivity index (χ2n) is 5.08. The molecular weight excluding hydrogens is 330 g/mol. The van der Waals surface area contributed by atoms with Crippen molar-refractivity contribution in [1.29, 1.82) is 0 Å². The van der Waals surface area contributed by atoms with Crippen LogP contribution in [0.2, 0.25) is 0 Å². The average molecular weight is 348 g/mol. The summed E-state index contributed by atoms with van der Waals surface area (Å²) < 4.78 is 1.07. The van der Waals surface area contributed by atoms with E-state index in [9.17, 15) is 4.79 Å². The van der Waals surface area contributed by atoms with Crippen molar-refractivity contribution in [3.8, 4) is 0 Å². The number of nitrogens with one attached hydrogen (secondary N) is 1. The van der Waals surface area contributed by atoms with Crippen LogP contribution < -0.4 is 5.32 Å². The van der Waals surface area contributed by atoms with E-state index in [0.29, 0.717) is 17.7 Å². The van der Waals surface area contributed by atoms with Gasteiger partial charge in [0.05, 0.1) is 17.0 Å². The molecule has 0 aliphatic rings. The lowest BCUT2D eigenvalue weighted by Gasteiger charge is -2.11. The Labute approximate surface area is 133 Å². The lowest BCUT2D eigenvalue weighted by Crippen LogP contribution is -2.16. The molecule has 1 amide bonds.